The molecular weight excluding hydrogens is 130 g/mol. The summed E-state index contributed by atoms with van der Waals surface area (Å²) in [6, 6.07) is 0. The van der Waals surface area contributed by atoms with Crippen molar-refractivity contribution in [3.63, 3.8) is 0 Å². The van der Waals surface area contributed by atoms with E-state index < -0.39 is 0 Å². The lowest BCUT2D eigenvalue weighted by molar-refractivity contribution is -0.117. The molecule has 1 radical (unpaired) electrons. The summed E-state index contributed by atoms with van der Waals surface area (Å²) in [6.45, 7) is 5.54. The Bertz CT molecular complexity index is 133. The number of nitrogens with one attached hydrogen (secondary N) is 3. The van der Waals surface area contributed by atoms with E-state index in [1.165, 1.54) is 6.92 Å². The second kappa shape index (κ2) is 4.78. The number of carbonyl (C=O) groups is 1. The predicted octanol–water partition coefficient (Wildman–Crippen LogP) is -0.129. The molecule has 0 bridgehead atoms. The lowest BCUT2D eigenvalue weighted by Gasteiger charge is -2.04. The van der Waals surface area contributed by atoms with Crippen LogP contribution in [0.25, 0.3) is 0 Å². The van der Waals surface area contributed by atoms with Crippen LogP contribution in [0.1, 0.15) is 13.3 Å². The maximum atomic E-state index is 10.3. The molecule has 0 atom stereocenters. The standard InChI is InChI=1S/C6H12N3O/c1-3-4-8-6(7)9-5(2)10/h1,3-4H2,2H3,(H3,7,8,9,10). The van der Waals surface area contributed by atoms with E-state index in [1.54, 1.807) is 0 Å². The SMILES string of the molecule is [CH2]CCNC(=N)NC(C)=O. The highest BCUT2D eigenvalue weighted by Gasteiger charge is 1.94. The van der Waals surface area contributed by atoms with E-state index in [2.05, 4.69) is 17.6 Å². The summed E-state index contributed by atoms with van der Waals surface area (Å²) in [5.74, 6) is -0.197. The van der Waals surface area contributed by atoms with Crippen LogP contribution in [0.5, 0.6) is 0 Å². The fraction of sp³-hybridized carbons (Fsp3) is 0.500. The monoisotopic (exact) mass is 142 g/mol. The molecular formula is C6H12N3O. The van der Waals surface area contributed by atoms with Gasteiger partial charge in [0.2, 0.25) is 5.91 Å². The van der Waals surface area contributed by atoms with Gasteiger partial charge in [-0.15, -0.1) is 0 Å². The second-order valence-corrected chi connectivity index (χ2v) is 1.84. The number of hydrogen-bond donors (Lipinski definition) is 3. The van der Waals surface area contributed by atoms with Gasteiger partial charge in [-0.3, -0.25) is 15.5 Å². The minimum atomic E-state index is -0.235. The molecule has 10 heavy (non-hydrogen) atoms. The number of rotatable bonds is 2. The molecule has 4 heteroatoms. The smallest absolute Gasteiger partial charge is 0.223 e. The molecule has 0 aromatic rings. The van der Waals surface area contributed by atoms with Crippen LogP contribution >= 0.6 is 0 Å². The summed E-state index contributed by atoms with van der Waals surface area (Å²) in [6.07, 6.45) is 0.696. The number of hydrogen-bond acceptors (Lipinski definition) is 2. The molecule has 0 rings (SSSR count). The molecule has 57 valence electrons. The second-order valence-electron chi connectivity index (χ2n) is 1.84. The Morgan fingerprint density at radius 2 is 2.30 bits per heavy atom. The molecule has 0 saturated carbocycles. The zero-order valence-electron chi connectivity index (χ0n) is 6.03. The molecule has 4 nitrogen and oxygen atoms in total. The minimum absolute atomic E-state index is 0.0381. The van der Waals surface area contributed by atoms with Gasteiger partial charge in [-0.2, -0.15) is 0 Å². The Morgan fingerprint density at radius 3 is 2.70 bits per heavy atom. The third kappa shape index (κ3) is 5.08. The van der Waals surface area contributed by atoms with E-state index >= 15 is 0 Å². The fourth-order valence-corrected chi connectivity index (χ4v) is 0.434. The molecule has 1 amide bonds. The first kappa shape index (κ1) is 8.94. The summed E-state index contributed by atoms with van der Waals surface area (Å²) >= 11 is 0. The van der Waals surface area contributed by atoms with Gasteiger partial charge in [0.15, 0.2) is 5.96 Å². The summed E-state index contributed by atoms with van der Waals surface area (Å²) in [5.41, 5.74) is 0. The zero-order valence-corrected chi connectivity index (χ0v) is 6.03. The van der Waals surface area contributed by atoms with Gasteiger partial charge in [-0.1, -0.05) is 6.92 Å². The third-order valence-electron chi connectivity index (χ3n) is 0.780. The minimum Gasteiger partial charge on any atom is -0.356 e. The molecule has 0 fully saturated rings. The van der Waals surface area contributed by atoms with Gasteiger partial charge in [0.05, 0.1) is 0 Å². The van der Waals surface area contributed by atoms with Crippen molar-refractivity contribution < 1.29 is 4.79 Å². The average molecular weight is 142 g/mol. The number of guanidine groups is 1. The zero-order chi connectivity index (χ0) is 7.98. The molecule has 0 aliphatic rings. The van der Waals surface area contributed by atoms with Crippen LogP contribution in [0.15, 0.2) is 0 Å². The van der Waals surface area contributed by atoms with Crippen LogP contribution in [-0.4, -0.2) is 18.4 Å². The normalized spacial score (nSPS) is 8.60. The lowest BCUT2D eigenvalue weighted by Crippen LogP contribution is -2.39. The lowest BCUT2D eigenvalue weighted by atomic mass is 10.5. The maximum Gasteiger partial charge on any atom is 0.223 e. The van der Waals surface area contributed by atoms with Crippen molar-refractivity contribution in [2.45, 2.75) is 13.3 Å². The Balaban J connectivity index is 3.35. The Hall–Kier alpha value is -1.06. The molecule has 0 spiro atoms. The Labute approximate surface area is 60.5 Å². The molecule has 0 unspecified atom stereocenters. The molecule has 3 N–H and O–H groups in total. The van der Waals surface area contributed by atoms with E-state index in [4.69, 9.17) is 5.41 Å². The Kier molecular flexibility index (Phi) is 4.28. The summed E-state index contributed by atoms with van der Waals surface area (Å²) in [4.78, 5) is 10.3. The quantitative estimate of drug-likeness (QED) is 0.371. The maximum absolute atomic E-state index is 10.3. The van der Waals surface area contributed by atoms with Gasteiger partial charge in [-0.25, -0.2) is 0 Å². The van der Waals surface area contributed by atoms with Gasteiger partial charge >= 0.3 is 0 Å². The summed E-state index contributed by atoms with van der Waals surface area (Å²) in [7, 11) is 0. The molecule has 0 saturated heterocycles. The third-order valence-corrected chi connectivity index (χ3v) is 0.780. The first-order valence-electron chi connectivity index (χ1n) is 3.06. The van der Waals surface area contributed by atoms with Gasteiger partial charge in [0.25, 0.3) is 0 Å². The van der Waals surface area contributed by atoms with E-state index in [1.807, 2.05) is 0 Å². The molecule has 0 aromatic carbocycles. The number of amides is 1. The largest absolute Gasteiger partial charge is 0.356 e. The van der Waals surface area contributed by atoms with Crippen molar-refractivity contribution in [3.05, 3.63) is 6.92 Å². The van der Waals surface area contributed by atoms with E-state index in [0.29, 0.717) is 13.0 Å². The topological polar surface area (TPSA) is 65.0 Å². The highest BCUT2D eigenvalue weighted by Crippen LogP contribution is 1.68. The van der Waals surface area contributed by atoms with Crippen molar-refractivity contribution in [1.29, 1.82) is 5.41 Å². The van der Waals surface area contributed by atoms with Gasteiger partial charge < -0.3 is 5.32 Å². The highest BCUT2D eigenvalue weighted by atomic mass is 16.1. The van der Waals surface area contributed by atoms with Crippen molar-refractivity contribution >= 4 is 11.9 Å². The molecule has 0 heterocycles. The van der Waals surface area contributed by atoms with Crippen LogP contribution < -0.4 is 10.6 Å². The van der Waals surface area contributed by atoms with Crippen molar-refractivity contribution in [1.82, 2.24) is 10.6 Å². The van der Waals surface area contributed by atoms with Crippen molar-refractivity contribution in [2.75, 3.05) is 6.54 Å². The van der Waals surface area contributed by atoms with Crippen LogP contribution in [0.4, 0.5) is 0 Å². The van der Waals surface area contributed by atoms with Crippen LogP contribution in [-0.2, 0) is 4.79 Å². The van der Waals surface area contributed by atoms with Crippen molar-refractivity contribution in [3.8, 4) is 0 Å². The first-order chi connectivity index (χ1) is 4.66. The molecule has 0 aliphatic carbocycles. The van der Waals surface area contributed by atoms with Crippen molar-refractivity contribution in [2.24, 2.45) is 0 Å². The molecule has 0 aromatic heterocycles. The molecule has 0 aliphatic heterocycles. The summed E-state index contributed by atoms with van der Waals surface area (Å²) in [5, 5.41) is 12.0. The van der Waals surface area contributed by atoms with E-state index in [0.717, 1.165) is 0 Å². The van der Waals surface area contributed by atoms with Gasteiger partial charge in [-0.05, 0) is 6.42 Å². The van der Waals surface area contributed by atoms with Gasteiger partial charge in [0.1, 0.15) is 0 Å². The predicted molar refractivity (Wildman–Crippen MR) is 39.5 cm³/mol. The van der Waals surface area contributed by atoms with Crippen LogP contribution in [0.3, 0.4) is 0 Å². The van der Waals surface area contributed by atoms with Gasteiger partial charge in [0, 0.05) is 13.5 Å². The first-order valence-corrected chi connectivity index (χ1v) is 3.06. The fourth-order valence-electron chi connectivity index (χ4n) is 0.434. The van der Waals surface area contributed by atoms with E-state index in [9.17, 15) is 4.79 Å². The highest BCUT2D eigenvalue weighted by molar-refractivity contribution is 5.94. The van der Waals surface area contributed by atoms with Crippen LogP contribution in [0, 0.1) is 12.3 Å². The average Bonchev–Trinajstić information content (AvgIpc) is 1.82. The summed E-state index contributed by atoms with van der Waals surface area (Å²) < 4.78 is 0. The van der Waals surface area contributed by atoms with Crippen LogP contribution in [0.2, 0.25) is 0 Å². The van der Waals surface area contributed by atoms with E-state index in [-0.39, 0.29) is 11.9 Å². The Morgan fingerprint density at radius 1 is 1.70 bits per heavy atom. The number of carbonyl (C=O) groups excluding carboxylic acids is 1.